The Kier molecular flexibility index (Phi) is 4.62. The van der Waals surface area contributed by atoms with Crippen molar-refractivity contribution in [2.75, 3.05) is 12.3 Å². The zero-order valence-electron chi connectivity index (χ0n) is 9.52. The van der Waals surface area contributed by atoms with E-state index in [4.69, 9.17) is 11.5 Å². The lowest BCUT2D eigenvalue weighted by molar-refractivity contribution is -0.118. The standard InChI is InChI=1S/C10H14FN3O3S/c11-8-4-3-7(12)6-9(8)18(16,17)14-5-1-2-10(13)15/h3-4,6,14H,1-2,5,12H2,(H2,13,15). The van der Waals surface area contributed by atoms with E-state index in [-0.39, 0.29) is 25.1 Å². The first-order valence-corrected chi connectivity index (χ1v) is 6.64. The molecule has 0 aliphatic carbocycles. The highest BCUT2D eigenvalue weighted by molar-refractivity contribution is 7.89. The van der Waals surface area contributed by atoms with Crippen molar-refractivity contribution in [1.29, 1.82) is 0 Å². The highest BCUT2D eigenvalue weighted by atomic mass is 32.2. The van der Waals surface area contributed by atoms with Gasteiger partial charge in [0.05, 0.1) is 0 Å². The lowest BCUT2D eigenvalue weighted by atomic mass is 10.3. The van der Waals surface area contributed by atoms with Crippen molar-refractivity contribution in [2.45, 2.75) is 17.7 Å². The molecule has 0 saturated heterocycles. The molecule has 0 spiro atoms. The maximum absolute atomic E-state index is 13.4. The molecule has 100 valence electrons. The molecule has 0 atom stereocenters. The van der Waals surface area contributed by atoms with Crippen LogP contribution in [0.25, 0.3) is 0 Å². The van der Waals surface area contributed by atoms with E-state index < -0.39 is 26.6 Å². The molecule has 0 heterocycles. The molecule has 0 saturated carbocycles. The van der Waals surface area contributed by atoms with E-state index in [1.54, 1.807) is 0 Å². The highest BCUT2D eigenvalue weighted by Gasteiger charge is 2.18. The van der Waals surface area contributed by atoms with Gasteiger partial charge in [-0.2, -0.15) is 0 Å². The van der Waals surface area contributed by atoms with Gasteiger partial charge in [-0.1, -0.05) is 0 Å². The number of halogens is 1. The number of primary amides is 1. The highest BCUT2D eigenvalue weighted by Crippen LogP contribution is 2.17. The van der Waals surface area contributed by atoms with Crippen LogP contribution < -0.4 is 16.2 Å². The molecule has 0 radical (unpaired) electrons. The molecule has 18 heavy (non-hydrogen) atoms. The Bertz CT molecular complexity index is 545. The minimum Gasteiger partial charge on any atom is -0.399 e. The fraction of sp³-hybridized carbons (Fsp3) is 0.300. The molecule has 6 nitrogen and oxygen atoms in total. The molecular weight excluding hydrogens is 261 g/mol. The van der Waals surface area contributed by atoms with Gasteiger partial charge in [-0.15, -0.1) is 0 Å². The third-order valence-corrected chi connectivity index (χ3v) is 3.61. The molecule has 1 rings (SSSR count). The molecule has 0 fully saturated rings. The van der Waals surface area contributed by atoms with Crippen molar-refractivity contribution >= 4 is 21.6 Å². The van der Waals surface area contributed by atoms with Gasteiger partial charge in [0.2, 0.25) is 15.9 Å². The fourth-order valence-electron chi connectivity index (χ4n) is 1.27. The minimum atomic E-state index is -3.97. The number of nitrogen functional groups attached to an aromatic ring is 1. The van der Waals surface area contributed by atoms with Gasteiger partial charge in [-0.05, 0) is 24.6 Å². The van der Waals surface area contributed by atoms with Crippen LogP contribution in [0.15, 0.2) is 23.1 Å². The summed E-state index contributed by atoms with van der Waals surface area (Å²) in [6.45, 7) is -0.000484. The molecule has 1 amide bonds. The maximum Gasteiger partial charge on any atom is 0.243 e. The van der Waals surface area contributed by atoms with Gasteiger partial charge in [0.15, 0.2) is 0 Å². The first kappa shape index (κ1) is 14.4. The summed E-state index contributed by atoms with van der Waals surface area (Å²) < 4.78 is 39.0. The van der Waals surface area contributed by atoms with E-state index in [1.165, 1.54) is 6.07 Å². The van der Waals surface area contributed by atoms with Crippen LogP contribution >= 0.6 is 0 Å². The second kappa shape index (κ2) is 5.78. The lowest BCUT2D eigenvalue weighted by Crippen LogP contribution is -2.26. The summed E-state index contributed by atoms with van der Waals surface area (Å²) in [5, 5.41) is 0. The number of anilines is 1. The average molecular weight is 275 g/mol. The monoisotopic (exact) mass is 275 g/mol. The van der Waals surface area contributed by atoms with Crippen molar-refractivity contribution in [3.8, 4) is 0 Å². The Morgan fingerprint density at radius 1 is 1.39 bits per heavy atom. The number of rotatable bonds is 6. The number of hydrogen-bond acceptors (Lipinski definition) is 4. The van der Waals surface area contributed by atoms with E-state index in [2.05, 4.69) is 4.72 Å². The zero-order chi connectivity index (χ0) is 13.8. The van der Waals surface area contributed by atoms with Gasteiger partial charge in [0.1, 0.15) is 10.7 Å². The Morgan fingerprint density at radius 2 is 2.06 bits per heavy atom. The Labute approximate surface area is 104 Å². The van der Waals surface area contributed by atoms with Crippen LogP contribution in [-0.4, -0.2) is 20.9 Å². The summed E-state index contributed by atoms with van der Waals surface area (Å²) in [5.41, 5.74) is 10.5. The molecule has 0 aromatic heterocycles. The van der Waals surface area contributed by atoms with Gasteiger partial charge in [-0.25, -0.2) is 17.5 Å². The maximum atomic E-state index is 13.4. The SMILES string of the molecule is NC(=O)CCCNS(=O)(=O)c1cc(N)ccc1F. The third-order valence-electron chi connectivity index (χ3n) is 2.14. The van der Waals surface area contributed by atoms with Crippen LogP contribution in [0.4, 0.5) is 10.1 Å². The van der Waals surface area contributed by atoms with E-state index >= 15 is 0 Å². The van der Waals surface area contributed by atoms with Crippen molar-refractivity contribution in [3.05, 3.63) is 24.0 Å². The zero-order valence-corrected chi connectivity index (χ0v) is 10.3. The topological polar surface area (TPSA) is 115 Å². The van der Waals surface area contributed by atoms with Crippen LogP contribution in [0.3, 0.4) is 0 Å². The van der Waals surface area contributed by atoms with Crippen LogP contribution in [0.1, 0.15) is 12.8 Å². The van der Waals surface area contributed by atoms with Crippen LogP contribution in [0, 0.1) is 5.82 Å². The van der Waals surface area contributed by atoms with Crippen molar-refractivity contribution in [2.24, 2.45) is 5.73 Å². The summed E-state index contributed by atoms with van der Waals surface area (Å²) in [4.78, 5) is 9.95. The van der Waals surface area contributed by atoms with E-state index in [0.29, 0.717) is 0 Å². The van der Waals surface area contributed by atoms with Gasteiger partial charge < -0.3 is 11.5 Å². The third kappa shape index (κ3) is 3.97. The number of amides is 1. The van der Waals surface area contributed by atoms with Crippen molar-refractivity contribution in [1.82, 2.24) is 4.72 Å². The van der Waals surface area contributed by atoms with E-state index in [0.717, 1.165) is 12.1 Å². The van der Waals surface area contributed by atoms with Crippen molar-refractivity contribution in [3.63, 3.8) is 0 Å². The van der Waals surface area contributed by atoms with E-state index in [9.17, 15) is 17.6 Å². The fourth-order valence-corrected chi connectivity index (χ4v) is 2.46. The van der Waals surface area contributed by atoms with Gasteiger partial charge >= 0.3 is 0 Å². The molecule has 1 aromatic rings. The largest absolute Gasteiger partial charge is 0.399 e. The van der Waals surface area contributed by atoms with Gasteiger partial charge in [-0.3, -0.25) is 4.79 Å². The number of nitrogens with two attached hydrogens (primary N) is 2. The number of carbonyl (C=O) groups is 1. The molecule has 0 bridgehead atoms. The van der Waals surface area contributed by atoms with Crippen LogP contribution in [-0.2, 0) is 14.8 Å². The number of sulfonamides is 1. The predicted octanol–water partition coefficient (Wildman–Crippen LogP) is -0.0483. The molecular formula is C10H14FN3O3S. The van der Waals surface area contributed by atoms with Gasteiger partial charge in [0.25, 0.3) is 0 Å². The summed E-state index contributed by atoms with van der Waals surface area (Å²) in [6.07, 6.45) is 0.306. The minimum absolute atomic E-state index is 0.000484. The van der Waals surface area contributed by atoms with Crippen LogP contribution in [0.5, 0.6) is 0 Å². The van der Waals surface area contributed by atoms with Gasteiger partial charge in [0, 0.05) is 18.7 Å². The number of hydrogen-bond donors (Lipinski definition) is 3. The second-order valence-corrected chi connectivity index (χ2v) is 5.39. The lowest BCUT2D eigenvalue weighted by Gasteiger charge is -2.07. The summed E-state index contributed by atoms with van der Waals surface area (Å²) in [5.74, 6) is -1.41. The Balaban J connectivity index is 2.74. The summed E-state index contributed by atoms with van der Waals surface area (Å²) >= 11 is 0. The molecule has 1 aromatic carbocycles. The molecule has 8 heteroatoms. The second-order valence-electron chi connectivity index (χ2n) is 3.66. The van der Waals surface area contributed by atoms with Crippen LogP contribution in [0.2, 0.25) is 0 Å². The number of carbonyl (C=O) groups excluding carboxylic acids is 1. The summed E-state index contributed by atoms with van der Waals surface area (Å²) in [6, 6.07) is 3.28. The molecule has 5 N–H and O–H groups in total. The van der Waals surface area contributed by atoms with Crippen molar-refractivity contribution < 1.29 is 17.6 Å². The molecule has 0 aliphatic heterocycles. The van der Waals surface area contributed by atoms with E-state index in [1.807, 2.05) is 0 Å². The Morgan fingerprint density at radius 3 is 2.67 bits per heavy atom. The quantitative estimate of drug-likeness (QED) is 0.498. The normalized spacial score (nSPS) is 11.4. The smallest absolute Gasteiger partial charge is 0.243 e. The predicted molar refractivity (Wildman–Crippen MR) is 64.4 cm³/mol. The number of benzene rings is 1. The first-order chi connectivity index (χ1) is 8.33. The first-order valence-electron chi connectivity index (χ1n) is 5.16. The average Bonchev–Trinajstić information content (AvgIpc) is 2.27. The summed E-state index contributed by atoms with van der Waals surface area (Å²) in [7, 11) is -3.97. The molecule has 0 aliphatic rings. The molecule has 0 unspecified atom stereocenters. The number of nitrogens with one attached hydrogen (secondary N) is 1. The Hall–Kier alpha value is -1.67.